The third-order valence-electron chi connectivity index (χ3n) is 4.19. The van der Waals surface area contributed by atoms with Crippen LogP contribution < -0.4 is 10.1 Å². The lowest BCUT2D eigenvalue weighted by Crippen LogP contribution is -1.98. The first-order valence-electron chi connectivity index (χ1n) is 8.21. The van der Waals surface area contributed by atoms with Gasteiger partial charge in [0.05, 0.1) is 23.4 Å². The second-order valence-corrected chi connectivity index (χ2v) is 6.19. The molecule has 0 aliphatic rings. The van der Waals surface area contributed by atoms with E-state index in [9.17, 15) is 10.1 Å². The molecule has 1 amide bonds. The molecule has 0 bridgehead atoms. The molecule has 1 heterocycles. The molecule has 132 valence electrons. The lowest BCUT2D eigenvalue weighted by Gasteiger charge is -2.08. The van der Waals surface area contributed by atoms with E-state index in [1.807, 2.05) is 48.0 Å². The molecule has 3 rings (SSSR count). The molecule has 6 heteroatoms. The smallest absolute Gasteiger partial charge is 0.211 e. The number of nitrogens with zero attached hydrogens (tertiary/aromatic N) is 2. The van der Waals surface area contributed by atoms with Crippen molar-refractivity contribution in [2.45, 2.75) is 6.42 Å². The normalized spacial score (nSPS) is 10.5. The highest BCUT2D eigenvalue weighted by atomic mass is 35.5. The molecule has 0 saturated heterocycles. The van der Waals surface area contributed by atoms with E-state index in [4.69, 9.17) is 16.3 Å². The Morgan fingerprint density at radius 3 is 2.88 bits per heavy atom. The lowest BCUT2D eigenvalue weighted by atomic mass is 10.1. The molecule has 0 atom stereocenters. The van der Waals surface area contributed by atoms with Crippen LogP contribution in [-0.4, -0.2) is 23.5 Å². The molecule has 26 heavy (non-hydrogen) atoms. The van der Waals surface area contributed by atoms with Crippen LogP contribution in [0.2, 0.25) is 0 Å². The van der Waals surface area contributed by atoms with Crippen molar-refractivity contribution in [1.29, 1.82) is 5.26 Å². The lowest BCUT2D eigenvalue weighted by molar-refractivity contribution is -0.105. The van der Waals surface area contributed by atoms with Gasteiger partial charge in [0.2, 0.25) is 6.41 Å². The van der Waals surface area contributed by atoms with Crippen LogP contribution in [0, 0.1) is 11.3 Å². The maximum Gasteiger partial charge on any atom is 0.211 e. The van der Waals surface area contributed by atoms with E-state index in [1.165, 1.54) is 0 Å². The molecule has 0 fully saturated rings. The summed E-state index contributed by atoms with van der Waals surface area (Å²) >= 11 is 5.69. The Kier molecular flexibility index (Phi) is 5.45. The number of alkyl halides is 1. The highest BCUT2D eigenvalue weighted by molar-refractivity contribution is 6.17. The number of halogens is 1. The van der Waals surface area contributed by atoms with Gasteiger partial charge in [0.25, 0.3) is 0 Å². The van der Waals surface area contributed by atoms with Gasteiger partial charge in [0.15, 0.2) is 0 Å². The average Bonchev–Trinajstić information content (AvgIpc) is 2.94. The molecule has 1 aromatic heterocycles. The quantitative estimate of drug-likeness (QED) is 0.384. The molecule has 0 unspecified atom stereocenters. The van der Waals surface area contributed by atoms with Gasteiger partial charge in [-0.2, -0.15) is 5.26 Å². The maximum atomic E-state index is 10.7. The Balaban J connectivity index is 2.10. The van der Waals surface area contributed by atoms with Crippen LogP contribution in [0.5, 0.6) is 5.75 Å². The Bertz CT molecular complexity index is 989. The zero-order valence-corrected chi connectivity index (χ0v) is 15.1. The van der Waals surface area contributed by atoms with Gasteiger partial charge in [0.1, 0.15) is 11.8 Å². The number of rotatable bonds is 7. The van der Waals surface area contributed by atoms with Crippen LogP contribution >= 0.6 is 11.6 Å². The summed E-state index contributed by atoms with van der Waals surface area (Å²) in [6, 6.07) is 15.4. The summed E-state index contributed by atoms with van der Waals surface area (Å²) in [5, 5.41) is 13.2. The Morgan fingerprint density at radius 2 is 2.15 bits per heavy atom. The number of nitrogens with one attached hydrogen (secondary N) is 1. The van der Waals surface area contributed by atoms with Crippen LogP contribution in [0.1, 0.15) is 12.0 Å². The molecule has 0 aliphatic heterocycles. The predicted octanol–water partition coefficient (Wildman–Crippen LogP) is 4.29. The summed E-state index contributed by atoms with van der Waals surface area (Å²) in [6.07, 6.45) is 1.41. The van der Waals surface area contributed by atoms with Crippen LogP contribution in [0.4, 0.5) is 5.69 Å². The number of fused-ring (bicyclic) bond motifs is 1. The van der Waals surface area contributed by atoms with Gasteiger partial charge >= 0.3 is 0 Å². The molecule has 0 saturated carbocycles. The van der Waals surface area contributed by atoms with E-state index in [0.717, 1.165) is 34.3 Å². The van der Waals surface area contributed by atoms with E-state index in [-0.39, 0.29) is 0 Å². The van der Waals surface area contributed by atoms with Gasteiger partial charge in [-0.1, -0.05) is 12.1 Å². The maximum absolute atomic E-state index is 10.7. The summed E-state index contributed by atoms with van der Waals surface area (Å²) in [6.45, 7) is 0.552. The number of carbonyl (C=O) groups is 1. The minimum Gasteiger partial charge on any atom is -0.493 e. The van der Waals surface area contributed by atoms with Crippen LogP contribution in [0.3, 0.4) is 0 Å². The third kappa shape index (κ3) is 3.37. The SMILES string of the molecule is Cn1c(-c2cccc(NC=O)c2)c(C#N)c2ccc(OCCCCl)cc21. The molecule has 0 radical (unpaired) electrons. The summed E-state index contributed by atoms with van der Waals surface area (Å²) in [5.74, 6) is 1.30. The number of aryl methyl sites for hydroxylation is 1. The molecule has 2 aromatic carbocycles. The van der Waals surface area contributed by atoms with Crippen molar-refractivity contribution in [2.75, 3.05) is 17.8 Å². The fourth-order valence-corrected chi connectivity index (χ4v) is 3.14. The van der Waals surface area contributed by atoms with Crippen molar-refractivity contribution in [3.63, 3.8) is 0 Å². The van der Waals surface area contributed by atoms with Crippen molar-refractivity contribution in [2.24, 2.45) is 7.05 Å². The second kappa shape index (κ2) is 7.94. The van der Waals surface area contributed by atoms with E-state index >= 15 is 0 Å². The van der Waals surface area contributed by atoms with Gasteiger partial charge in [-0.3, -0.25) is 4.79 Å². The molecular weight excluding hydrogens is 350 g/mol. The van der Waals surface area contributed by atoms with Gasteiger partial charge < -0.3 is 14.6 Å². The van der Waals surface area contributed by atoms with Gasteiger partial charge in [-0.15, -0.1) is 11.6 Å². The molecular formula is C20H18ClN3O2. The summed E-state index contributed by atoms with van der Waals surface area (Å²) in [5.41, 5.74) is 3.84. The number of amides is 1. The van der Waals surface area contributed by atoms with Crippen LogP contribution in [0.25, 0.3) is 22.2 Å². The van der Waals surface area contributed by atoms with Gasteiger partial charge in [-0.05, 0) is 30.7 Å². The number of carbonyl (C=O) groups excluding carboxylic acids is 1. The minimum atomic E-state index is 0.552. The number of nitriles is 1. The number of benzene rings is 2. The zero-order chi connectivity index (χ0) is 18.5. The highest BCUT2D eigenvalue weighted by Crippen LogP contribution is 2.35. The monoisotopic (exact) mass is 367 g/mol. The summed E-state index contributed by atoms with van der Waals surface area (Å²) < 4.78 is 7.69. The van der Waals surface area contributed by atoms with Crippen molar-refractivity contribution in [1.82, 2.24) is 4.57 Å². The third-order valence-corrected chi connectivity index (χ3v) is 4.46. The number of ether oxygens (including phenoxy) is 1. The van der Waals surface area contributed by atoms with Crippen molar-refractivity contribution in [3.05, 3.63) is 48.0 Å². The number of hydrogen-bond donors (Lipinski definition) is 1. The fourth-order valence-electron chi connectivity index (χ4n) is 3.03. The predicted molar refractivity (Wildman–Crippen MR) is 104 cm³/mol. The first kappa shape index (κ1) is 17.8. The molecule has 0 aliphatic carbocycles. The van der Waals surface area contributed by atoms with E-state index in [2.05, 4.69) is 11.4 Å². The Morgan fingerprint density at radius 1 is 1.31 bits per heavy atom. The second-order valence-electron chi connectivity index (χ2n) is 5.81. The van der Waals surface area contributed by atoms with E-state index in [0.29, 0.717) is 30.1 Å². The molecule has 0 spiro atoms. The Hall–Kier alpha value is -2.97. The standard InChI is InChI=1S/C20H18ClN3O2/c1-24-19-11-16(26-9-3-8-21)6-7-17(19)18(12-22)20(24)14-4-2-5-15(10-14)23-13-25/h2,4-7,10-11,13H,3,8-9H2,1H3,(H,23,25). The minimum absolute atomic E-state index is 0.552. The van der Waals surface area contributed by atoms with E-state index in [1.54, 1.807) is 6.07 Å². The van der Waals surface area contributed by atoms with Crippen LogP contribution in [-0.2, 0) is 11.8 Å². The zero-order valence-electron chi connectivity index (χ0n) is 14.3. The molecule has 1 N–H and O–H groups in total. The van der Waals surface area contributed by atoms with Crippen LogP contribution in [0.15, 0.2) is 42.5 Å². The van der Waals surface area contributed by atoms with Gasteiger partial charge in [0, 0.05) is 35.6 Å². The topological polar surface area (TPSA) is 67.0 Å². The first-order chi connectivity index (χ1) is 12.7. The average molecular weight is 368 g/mol. The van der Waals surface area contributed by atoms with Crippen molar-refractivity contribution in [3.8, 4) is 23.1 Å². The largest absolute Gasteiger partial charge is 0.493 e. The van der Waals surface area contributed by atoms with Gasteiger partial charge in [-0.25, -0.2) is 0 Å². The Labute approximate surface area is 156 Å². The molecule has 3 aromatic rings. The summed E-state index contributed by atoms with van der Waals surface area (Å²) in [4.78, 5) is 10.7. The van der Waals surface area contributed by atoms with Crippen molar-refractivity contribution < 1.29 is 9.53 Å². The first-order valence-corrected chi connectivity index (χ1v) is 8.75. The number of anilines is 1. The highest BCUT2D eigenvalue weighted by Gasteiger charge is 2.17. The number of hydrogen-bond acceptors (Lipinski definition) is 3. The van der Waals surface area contributed by atoms with E-state index < -0.39 is 0 Å². The molecule has 5 nitrogen and oxygen atoms in total. The van der Waals surface area contributed by atoms with Crippen molar-refractivity contribution >= 4 is 34.6 Å². The summed E-state index contributed by atoms with van der Waals surface area (Å²) in [7, 11) is 1.92. The fraction of sp³-hybridized carbons (Fsp3) is 0.200. The number of aromatic nitrogens is 1.